The van der Waals surface area contributed by atoms with Crippen molar-refractivity contribution in [1.82, 2.24) is 20.5 Å². The molecule has 2 N–H and O–H groups in total. The molecule has 0 aliphatic carbocycles. The molecule has 19 heavy (non-hydrogen) atoms. The normalized spacial score (nSPS) is 10.8. The molecule has 98 valence electrons. The maximum Gasteiger partial charge on any atom is 0.244 e. The molecule has 0 aliphatic heterocycles. The third-order valence-electron chi connectivity index (χ3n) is 2.21. The first-order valence-electron chi connectivity index (χ1n) is 5.40. The molecule has 7 heteroatoms. The van der Waals surface area contributed by atoms with Crippen LogP contribution in [0.15, 0.2) is 30.6 Å². The average molecular weight is 297 g/mol. The molecule has 0 radical (unpaired) electrons. The molecule has 1 amide bonds. The molecular formula is C12H10Cl2N4O. The lowest BCUT2D eigenvalue weighted by Gasteiger charge is -1.99. The number of carbonyl (C=O) groups is 1. The number of halogens is 2. The first-order chi connectivity index (χ1) is 9.13. The van der Waals surface area contributed by atoms with E-state index in [0.29, 0.717) is 22.4 Å². The quantitative estimate of drug-likeness (QED) is 0.851. The molecule has 0 fully saturated rings. The molecular weight excluding hydrogens is 287 g/mol. The lowest BCUT2D eigenvalue weighted by Crippen LogP contribution is -2.20. The Bertz CT molecular complexity index is 576. The smallest absolute Gasteiger partial charge is 0.244 e. The predicted molar refractivity (Wildman–Crippen MR) is 73.7 cm³/mol. The summed E-state index contributed by atoms with van der Waals surface area (Å²) in [7, 11) is 0. The fourth-order valence-electron chi connectivity index (χ4n) is 1.39. The van der Waals surface area contributed by atoms with Crippen molar-refractivity contribution in [3.05, 3.63) is 52.0 Å². The van der Waals surface area contributed by atoms with Gasteiger partial charge in [-0.1, -0.05) is 23.2 Å². The topological polar surface area (TPSA) is 70.7 Å². The van der Waals surface area contributed by atoms with Gasteiger partial charge in [0.1, 0.15) is 12.2 Å². The highest BCUT2D eigenvalue weighted by Crippen LogP contribution is 2.19. The molecule has 1 aromatic carbocycles. The van der Waals surface area contributed by atoms with Gasteiger partial charge >= 0.3 is 0 Å². The van der Waals surface area contributed by atoms with Crippen molar-refractivity contribution in [2.45, 2.75) is 6.54 Å². The van der Waals surface area contributed by atoms with Gasteiger partial charge in [0.15, 0.2) is 0 Å². The number of benzene rings is 1. The molecule has 0 aliphatic rings. The Kier molecular flexibility index (Phi) is 4.54. The fraction of sp³-hybridized carbons (Fsp3) is 0.0833. The summed E-state index contributed by atoms with van der Waals surface area (Å²) in [4.78, 5) is 15.4. The minimum atomic E-state index is -0.243. The first-order valence-corrected chi connectivity index (χ1v) is 6.15. The van der Waals surface area contributed by atoms with Crippen LogP contribution in [0.4, 0.5) is 0 Å². The summed E-state index contributed by atoms with van der Waals surface area (Å²) in [6.07, 6.45) is 4.41. The Morgan fingerprint density at radius 1 is 1.32 bits per heavy atom. The van der Waals surface area contributed by atoms with Crippen LogP contribution in [0.25, 0.3) is 6.08 Å². The number of nitrogens with one attached hydrogen (secondary N) is 2. The zero-order valence-electron chi connectivity index (χ0n) is 9.73. The highest BCUT2D eigenvalue weighted by atomic mass is 35.5. The van der Waals surface area contributed by atoms with Crippen LogP contribution in [-0.2, 0) is 11.3 Å². The predicted octanol–water partition coefficient (Wildman–Crippen LogP) is 2.44. The zero-order valence-corrected chi connectivity index (χ0v) is 11.2. The van der Waals surface area contributed by atoms with Crippen LogP contribution < -0.4 is 5.32 Å². The van der Waals surface area contributed by atoms with Crippen molar-refractivity contribution in [1.29, 1.82) is 0 Å². The summed E-state index contributed by atoms with van der Waals surface area (Å²) in [6, 6.07) is 5.06. The molecule has 0 bridgehead atoms. The van der Waals surface area contributed by atoms with Crippen molar-refractivity contribution in [3.63, 3.8) is 0 Å². The third kappa shape index (κ3) is 4.39. The maximum absolute atomic E-state index is 11.6. The number of rotatable bonds is 4. The van der Waals surface area contributed by atoms with Crippen LogP contribution in [-0.4, -0.2) is 21.1 Å². The van der Waals surface area contributed by atoms with E-state index in [4.69, 9.17) is 23.2 Å². The summed E-state index contributed by atoms with van der Waals surface area (Å²) in [6.45, 7) is 0.291. The van der Waals surface area contributed by atoms with Gasteiger partial charge in [-0.05, 0) is 29.8 Å². The van der Waals surface area contributed by atoms with Gasteiger partial charge in [-0.25, -0.2) is 4.98 Å². The van der Waals surface area contributed by atoms with Crippen molar-refractivity contribution in [2.24, 2.45) is 0 Å². The van der Waals surface area contributed by atoms with Crippen LogP contribution in [0.2, 0.25) is 10.0 Å². The lowest BCUT2D eigenvalue weighted by molar-refractivity contribution is -0.116. The molecule has 2 aromatic rings. The highest BCUT2D eigenvalue weighted by molar-refractivity contribution is 6.34. The molecule has 2 rings (SSSR count). The molecule has 0 unspecified atom stereocenters. The molecule has 0 atom stereocenters. The fourth-order valence-corrected chi connectivity index (χ4v) is 1.93. The monoisotopic (exact) mass is 296 g/mol. The van der Waals surface area contributed by atoms with Crippen molar-refractivity contribution >= 4 is 35.2 Å². The van der Waals surface area contributed by atoms with Gasteiger partial charge in [0.05, 0.1) is 6.54 Å². The van der Waals surface area contributed by atoms with Crippen molar-refractivity contribution in [2.75, 3.05) is 0 Å². The van der Waals surface area contributed by atoms with E-state index in [0.717, 1.165) is 5.56 Å². The zero-order chi connectivity index (χ0) is 13.7. The minimum Gasteiger partial charge on any atom is -0.345 e. The Hall–Kier alpha value is -1.85. The van der Waals surface area contributed by atoms with Gasteiger partial charge in [-0.3, -0.25) is 9.89 Å². The number of carbonyl (C=O) groups excluding carboxylic acids is 1. The Morgan fingerprint density at radius 3 is 2.68 bits per heavy atom. The number of aromatic nitrogens is 3. The van der Waals surface area contributed by atoms with Crippen molar-refractivity contribution < 1.29 is 4.79 Å². The molecule has 0 saturated carbocycles. The highest BCUT2D eigenvalue weighted by Gasteiger charge is 1.99. The molecule has 1 aromatic heterocycles. The van der Waals surface area contributed by atoms with Gasteiger partial charge in [-0.15, -0.1) is 0 Å². The summed E-state index contributed by atoms with van der Waals surface area (Å²) in [5.74, 6) is 0.347. The van der Waals surface area contributed by atoms with E-state index in [1.807, 2.05) is 0 Å². The van der Waals surface area contributed by atoms with Gasteiger partial charge in [0.2, 0.25) is 5.91 Å². The summed E-state index contributed by atoms with van der Waals surface area (Å²) < 4.78 is 0. The minimum absolute atomic E-state index is 0.243. The average Bonchev–Trinajstić information content (AvgIpc) is 2.86. The van der Waals surface area contributed by atoms with Crippen LogP contribution in [0.3, 0.4) is 0 Å². The van der Waals surface area contributed by atoms with E-state index in [1.165, 1.54) is 12.4 Å². The number of nitrogens with zero attached hydrogens (tertiary/aromatic N) is 2. The van der Waals surface area contributed by atoms with Gasteiger partial charge in [0.25, 0.3) is 0 Å². The van der Waals surface area contributed by atoms with Crippen LogP contribution in [0.1, 0.15) is 11.4 Å². The molecule has 5 nitrogen and oxygen atoms in total. The third-order valence-corrected chi connectivity index (χ3v) is 2.64. The van der Waals surface area contributed by atoms with Crippen molar-refractivity contribution in [3.8, 4) is 0 Å². The maximum atomic E-state index is 11.6. The number of amides is 1. The van der Waals surface area contributed by atoms with E-state index in [2.05, 4.69) is 20.5 Å². The number of hydrogen-bond acceptors (Lipinski definition) is 3. The van der Waals surface area contributed by atoms with E-state index in [9.17, 15) is 4.79 Å². The van der Waals surface area contributed by atoms with E-state index in [1.54, 1.807) is 24.3 Å². The molecule has 1 heterocycles. The van der Waals surface area contributed by atoms with Crippen LogP contribution >= 0.6 is 23.2 Å². The summed E-state index contributed by atoms with van der Waals surface area (Å²) >= 11 is 11.7. The second kappa shape index (κ2) is 6.36. The van der Waals surface area contributed by atoms with E-state index >= 15 is 0 Å². The van der Waals surface area contributed by atoms with Crippen LogP contribution in [0.5, 0.6) is 0 Å². The number of hydrogen-bond donors (Lipinski definition) is 2. The Morgan fingerprint density at radius 2 is 2.05 bits per heavy atom. The van der Waals surface area contributed by atoms with E-state index in [-0.39, 0.29) is 5.91 Å². The second-order valence-corrected chi connectivity index (χ2v) is 4.56. The largest absolute Gasteiger partial charge is 0.345 e. The van der Waals surface area contributed by atoms with Gasteiger partial charge < -0.3 is 5.32 Å². The molecule has 0 spiro atoms. The Labute approximate surface area is 119 Å². The SMILES string of the molecule is O=C(/C=C/c1cc(Cl)cc(Cl)c1)NCc1ncn[nH]1. The summed E-state index contributed by atoms with van der Waals surface area (Å²) in [5, 5.41) is 10.0. The number of H-pyrrole nitrogens is 1. The summed E-state index contributed by atoms with van der Waals surface area (Å²) in [5.41, 5.74) is 0.757. The lowest BCUT2D eigenvalue weighted by atomic mass is 10.2. The van der Waals surface area contributed by atoms with Gasteiger partial charge in [0, 0.05) is 16.1 Å². The van der Waals surface area contributed by atoms with Crippen LogP contribution in [0, 0.1) is 0 Å². The van der Waals surface area contributed by atoms with Gasteiger partial charge in [-0.2, -0.15) is 5.10 Å². The van der Waals surface area contributed by atoms with E-state index < -0.39 is 0 Å². The second-order valence-electron chi connectivity index (χ2n) is 3.69. The first kappa shape index (κ1) is 13.6. The molecule has 0 saturated heterocycles. The Balaban J connectivity index is 1.92. The standard InChI is InChI=1S/C12H10Cl2N4O/c13-9-3-8(4-10(14)5-9)1-2-12(19)15-6-11-16-7-17-18-11/h1-5,7H,6H2,(H,15,19)(H,16,17,18)/b2-1+. The number of aromatic amines is 1.